The fourth-order valence-corrected chi connectivity index (χ4v) is 5.81. The van der Waals surface area contributed by atoms with Crippen molar-refractivity contribution in [2.24, 2.45) is 0 Å². The number of nitrogens with zero attached hydrogens (tertiary/aromatic N) is 3. The molecule has 1 heterocycles. The zero-order valence-corrected chi connectivity index (χ0v) is 19.4. The van der Waals surface area contributed by atoms with E-state index in [4.69, 9.17) is 0 Å². The summed E-state index contributed by atoms with van der Waals surface area (Å²) in [6.07, 6.45) is 1.65. The van der Waals surface area contributed by atoms with Crippen LogP contribution < -0.4 is 9.62 Å². The topological polar surface area (TPSA) is 107 Å². The normalized spacial score (nSPS) is 15.1. The summed E-state index contributed by atoms with van der Waals surface area (Å²) in [6.45, 7) is 0.417. The average Bonchev–Trinajstić information content (AvgIpc) is 3.29. The fraction of sp³-hybridized carbons (Fsp3) is 0.350. The van der Waals surface area contributed by atoms with Crippen LogP contribution in [0.4, 0.5) is 15.8 Å². The second-order valence-corrected chi connectivity index (χ2v) is 11.5. The van der Waals surface area contributed by atoms with Gasteiger partial charge >= 0.3 is 10.2 Å². The van der Waals surface area contributed by atoms with Gasteiger partial charge in [0.1, 0.15) is 12.4 Å². The maximum Gasteiger partial charge on any atom is 0.304 e. The predicted molar refractivity (Wildman–Crippen MR) is 119 cm³/mol. The van der Waals surface area contributed by atoms with E-state index in [1.165, 1.54) is 54.8 Å². The molecule has 0 aliphatic carbocycles. The van der Waals surface area contributed by atoms with Crippen LogP contribution in [0.1, 0.15) is 12.8 Å². The standard InChI is InChI=1S/C20H25FN4O5S2/c1-23(2)32(29,30)25(18-9-5-16(21)6-10-18)15-20(26)22-17-7-11-19(12-8-17)31(27,28)24-13-3-4-14-24/h5-12H,3-4,13-15H2,1-2H3,(H,22,26). The SMILES string of the molecule is CN(C)S(=O)(=O)N(CC(=O)Nc1ccc(S(=O)(=O)N2CCCC2)cc1)c1ccc(F)cc1. The van der Waals surface area contributed by atoms with Crippen LogP contribution >= 0.6 is 0 Å². The number of carbonyl (C=O) groups excluding carboxylic acids is 1. The second-order valence-electron chi connectivity index (χ2n) is 7.46. The molecule has 1 N–H and O–H groups in total. The highest BCUT2D eigenvalue weighted by molar-refractivity contribution is 7.90. The van der Waals surface area contributed by atoms with Crippen LogP contribution in [0, 0.1) is 5.82 Å². The van der Waals surface area contributed by atoms with Gasteiger partial charge < -0.3 is 5.32 Å². The van der Waals surface area contributed by atoms with Crippen molar-refractivity contribution in [2.45, 2.75) is 17.7 Å². The molecular weight excluding hydrogens is 459 g/mol. The zero-order valence-electron chi connectivity index (χ0n) is 17.7. The van der Waals surface area contributed by atoms with Crippen LogP contribution in [0.15, 0.2) is 53.4 Å². The van der Waals surface area contributed by atoms with Crippen molar-refractivity contribution in [3.63, 3.8) is 0 Å². The highest BCUT2D eigenvalue weighted by Crippen LogP contribution is 2.23. The van der Waals surface area contributed by atoms with Gasteiger partial charge in [-0.05, 0) is 61.4 Å². The summed E-state index contributed by atoms with van der Waals surface area (Å²) in [5.41, 5.74) is 0.444. The molecule has 32 heavy (non-hydrogen) atoms. The molecular formula is C20H25FN4O5S2. The second kappa shape index (κ2) is 9.53. The summed E-state index contributed by atoms with van der Waals surface area (Å²) in [7, 11) is -4.96. The molecule has 1 fully saturated rings. The Balaban J connectivity index is 1.75. The smallest absolute Gasteiger partial charge is 0.304 e. The summed E-state index contributed by atoms with van der Waals surface area (Å²) < 4.78 is 67.1. The van der Waals surface area contributed by atoms with Gasteiger partial charge in [-0.3, -0.25) is 4.79 Å². The van der Waals surface area contributed by atoms with Crippen LogP contribution in [-0.2, 0) is 25.0 Å². The molecule has 3 rings (SSSR count). The third kappa shape index (κ3) is 5.26. The molecule has 9 nitrogen and oxygen atoms in total. The lowest BCUT2D eigenvalue weighted by molar-refractivity contribution is -0.114. The van der Waals surface area contributed by atoms with Gasteiger partial charge in [0.15, 0.2) is 0 Å². The summed E-state index contributed by atoms with van der Waals surface area (Å²) in [4.78, 5) is 12.7. The molecule has 0 bridgehead atoms. The first kappa shape index (κ1) is 24.1. The Morgan fingerprint density at radius 2 is 1.53 bits per heavy atom. The van der Waals surface area contributed by atoms with E-state index in [0.717, 1.165) is 33.6 Å². The summed E-state index contributed by atoms with van der Waals surface area (Å²) in [5.74, 6) is -1.18. The monoisotopic (exact) mass is 484 g/mol. The van der Waals surface area contributed by atoms with Crippen LogP contribution in [0.3, 0.4) is 0 Å². The van der Waals surface area contributed by atoms with Crippen LogP contribution in [0.5, 0.6) is 0 Å². The Morgan fingerprint density at radius 3 is 2.06 bits per heavy atom. The molecule has 0 aromatic heterocycles. The minimum atomic E-state index is -4.03. The van der Waals surface area contributed by atoms with Gasteiger partial charge in [-0.2, -0.15) is 17.0 Å². The first-order valence-corrected chi connectivity index (χ1v) is 12.7. The van der Waals surface area contributed by atoms with Gasteiger partial charge in [-0.15, -0.1) is 0 Å². The quantitative estimate of drug-likeness (QED) is 0.616. The number of benzene rings is 2. The molecule has 174 valence electrons. The largest absolute Gasteiger partial charge is 0.325 e. The molecule has 1 saturated heterocycles. The van der Waals surface area contributed by atoms with Crippen molar-refractivity contribution in [3.05, 3.63) is 54.3 Å². The van der Waals surface area contributed by atoms with Crippen molar-refractivity contribution < 1.29 is 26.0 Å². The predicted octanol–water partition coefficient (Wildman–Crippen LogP) is 1.86. The van der Waals surface area contributed by atoms with Crippen molar-refractivity contribution >= 4 is 37.5 Å². The molecule has 1 aliphatic heterocycles. The first-order chi connectivity index (χ1) is 15.0. The van der Waals surface area contributed by atoms with E-state index in [1.807, 2.05) is 0 Å². The number of anilines is 2. The molecule has 2 aromatic rings. The van der Waals surface area contributed by atoms with Gasteiger partial charge in [-0.25, -0.2) is 17.1 Å². The van der Waals surface area contributed by atoms with E-state index in [2.05, 4.69) is 5.32 Å². The molecule has 0 saturated carbocycles. The number of rotatable bonds is 8. The molecule has 0 unspecified atom stereocenters. The van der Waals surface area contributed by atoms with Crippen LogP contribution in [0.25, 0.3) is 0 Å². The number of hydrogen-bond donors (Lipinski definition) is 1. The van der Waals surface area contributed by atoms with E-state index >= 15 is 0 Å². The highest BCUT2D eigenvalue weighted by Gasteiger charge is 2.28. The van der Waals surface area contributed by atoms with Crippen molar-refractivity contribution in [1.82, 2.24) is 8.61 Å². The van der Waals surface area contributed by atoms with Gasteiger partial charge in [0, 0.05) is 32.9 Å². The lowest BCUT2D eigenvalue weighted by atomic mass is 10.3. The van der Waals surface area contributed by atoms with Gasteiger partial charge in [0.05, 0.1) is 10.6 Å². The average molecular weight is 485 g/mol. The summed E-state index contributed by atoms with van der Waals surface area (Å²) >= 11 is 0. The Kier molecular flexibility index (Phi) is 7.18. The van der Waals surface area contributed by atoms with Gasteiger partial charge in [0.25, 0.3) is 0 Å². The zero-order chi connectivity index (χ0) is 23.5. The minimum absolute atomic E-state index is 0.125. The number of nitrogens with one attached hydrogen (secondary N) is 1. The highest BCUT2D eigenvalue weighted by atomic mass is 32.2. The molecule has 0 spiro atoms. The Hall–Kier alpha value is -2.54. The first-order valence-electron chi connectivity index (χ1n) is 9.87. The third-order valence-corrected chi connectivity index (χ3v) is 8.72. The fourth-order valence-electron chi connectivity index (χ4n) is 3.23. The third-order valence-electron chi connectivity index (χ3n) is 4.98. The summed E-state index contributed by atoms with van der Waals surface area (Å²) in [5, 5.41) is 2.57. The van der Waals surface area contributed by atoms with Crippen LogP contribution in [-0.4, -0.2) is 65.1 Å². The van der Waals surface area contributed by atoms with E-state index in [0.29, 0.717) is 18.8 Å². The number of hydrogen-bond acceptors (Lipinski definition) is 5. The Morgan fingerprint density at radius 1 is 0.969 bits per heavy atom. The number of halogens is 1. The molecule has 1 amide bonds. The van der Waals surface area contributed by atoms with E-state index in [-0.39, 0.29) is 10.6 Å². The van der Waals surface area contributed by atoms with Crippen molar-refractivity contribution in [3.8, 4) is 0 Å². The van der Waals surface area contributed by atoms with Crippen molar-refractivity contribution in [1.29, 1.82) is 0 Å². The van der Waals surface area contributed by atoms with E-state index in [9.17, 15) is 26.0 Å². The van der Waals surface area contributed by atoms with Gasteiger partial charge in [-0.1, -0.05) is 0 Å². The van der Waals surface area contributed by atoms with Crippen LogP contribution in [0.2, 0.25) is 0 Å². The molecule has 1 aliphatic rings. The molecule has 0 radical (unpaired) electrons. The van der Waals surface area contributed by atoms with Gasteiger partial charge in [0.2, 0.25) is 15.9 Å². The number of sulfonamides is 1. The minimum Gasteiger partial charge on any atom is -0.325 e. The number of carbonyl (C=O) groups is 1. The molecule has 2 aromatic carbocycles. The lowest BCUT2D eigenvalue weighted by Gasteiger charge is -2.27. The van der Waals surface area contributed by atoms with E-state index < -0.39 is 38.5 Å². The van der Waals surface area contributed by atoms with E-state index in [1.54, 1.807) is 0 Å². The maximum absolute atomic E-state index is 13.3. The Bertz CT molecular complexity index is 1160. The van der Waals surface area contributed by atoms with Crippen molar-refractivity contribution in [2.75, 3.05) is 43.4 Å². The number of amides is 1. The molecule has 0 atom stereocenters. The summed E-state index contributed by atoms with van der Waals surface area (Å²) in [6, 6.07) is 10.4. The maximum atomic E-state index is 13.3. The Labute approximate surface area is 187 Å². The lowest BCUT2D eigenvalue weighted by Crippen LogP contribution is -2.44. The molecule has 12 heteroatoms.